The van der Waals surface area contributed by atoms with Gasteiger partial charge >= 0.3 is 12.6 Å². The van der Waals surface area contributed by atoms with Gasteiger partial charge in [0.1, 0.15) is 11.4 Å². The van der Waals surface area contributed by atoms with Crippen molar-refractivity contribution in [3.63, 3.8) is 0 Å². The summed E-state index contributed by atoms with van der Waals surface area (Å²) < 4.78 is 34.7. The second-order valence-electron chi connectivity index (χ2n) is 7.70. The van der Waals surface area contributed by atoms with Gasteiger partial charge < -0.3 is 4.74 Å². The minimum absolute atomic E-state index is 0.0692. The lowest BCUT2D eigenvalue weighted by Crippen LogP contribution is -2.35. The number of amides is 2. The van der Waals surface area contributed by atoms with Gasteiger partial charge in [-0.05, 0) is 30.3 Å². The molecule has 1 fully saturated rings. The molecule has 0 radical (unpaired) electrons. The van der Waals surface area contributed by atoms with Crippen LogP contribution in [0.5, 0.6) is 5.75 Å². The van der Waals surface area contributed by atoms with Gasteiger partial charge in [0.25, 0.3) is 0 Å². The number of aromatic nitrogens is 4. The Morgan fingerprint density at radius 3 is 2.49 bits per heavy atom. The van der Waals surface area contributed by atoms with Crippen LogP contribution in [0.1, 0.15) is 0 Å². The number of urea groups is 1. The van der Waals surface area contributed by atoms with Crippen LogP contribution in [0.4, 0.5) is 19.3 Å². The molecular formula is C24H20F2N6O3. The molecule has 0 unspecified atom stereocenters. The first-order chi connectivity index (χ1) is 17.0. The molecule has 0 aliphatic carbocycles. The summed E-state index contributed by atoms with van der Waals surface area (Å²) in [6, 6.07) is 16.5. The third kappa shape index (κ3) is 4.01. The molecule has 0 N–H and O–H groups in total. The van der Waals surface area contributed by atoms with Gasteiger partial charge in [-0.3, -0.25) is 14.6 Å². The first kappa shape index (κ1) is 22.3. The summed E-state index contributed by atoms with van der Waals surface area (Å²) >= 11 is 0. The molecule has 0 bridgehead atoms. The molecule has 11 heteroatoms. The minimum atomic E-state index is -2.86. The fraction of sp³-hybridized carbons (Fsp3) is 0.167. The zero-order valence-electron chi connectivity index (χ0n) is 18.6. The quantitative estimate of drug-likeness (QED) is 0.396. The van der Waals surface area contributed by atoms with Gasteiger partial charge in [-0.15, -0.1) is 0 Å². The van der Waals surface area contributed by atoms with Crippen molar-refractivity contribution in [2.24, 2.45) is 0 Å². The van der Waals surface area contributed by atoms with Crippen molar-refractivity contribution in [1.29, 1.82) is 0 Å². The van der Waals surface area contributed by atoms with Crippen molar-refractivity contribution >= 4 is 11.7 Å². The van der Waals surface area contributed by atoms with Crippen molar-refractivity contribution in [2.75, 3.05) is 25.1 Å². The number of para-hydroxylation sites is 1. The average Bonchev–Trinajstić information content (AvgIpc) is 3.51. The smallest absolute Gasteiger partial charge is 0.328 e. The number of rotatable bonds is 6. The second kappa shape index (κ2) is 9.01. The fourth-order valence-corrected chi connectivity index (χ4v) is 3.97. The zero-order chi connectivity index (χ0) is 24.5. The first-order valence-electron chi connectivity index (χ1n) is 10.7. The molecule has 0 atom stereocenters. The summed E-state index contributed by atoms with van der Waals surface area (Å²) in [4.78, 5) is 26.8. The summed E-state index contributed by atoms with van der Waals surface area (Å²) in [6.07, 6.45) is 3.10. The van der Waals surface area contributed by atoms with E-state index >= 15 is 0 Å². The van der Waals surface area contributed by atoms with Gasteiger partial charge in [0.15, 0.2) is 5.69 Å². The Morgan fingerprint density at radius 2 is 1.77 bits per heavy atom. The minimum Gasteiger partial charge on any atom is -0.494 e. The van der Waals surface area contributed by atoms with Crippen LogP contribution >= 0.6 is 0 Å². The van der Waals surface area contributed by atoms with Gasteiger partial charge in [0, 0.05) is 37.1 Å². The van der Waals surface area contributed by atoms with Crippen LogP contribution in [-0.2, 0) is 0 Å². The lowest BCUT2D eigenvalue weighted by Gasteiger charge is -2.20. The van der Waals surface area contributed by atoms with E-state index in [1.54, 1.807) is 35.1 Å². The Hall–Kier alpha value is -4.54. The first-order valence-corrected chi connectivity index (χ1v) is 10.7. The molecule has 9 nitrogen and oxygen atoms in total. The number of carbonyl (C=O) groups is 1. The Bertz CT molecular complexity index is 1440. The SMILES string of the molecule is COc1cc(N2CCN(C(F)F)C2=O)ccc1-n1ccc(=O)c(-c2ccnn2-c2ccccc2)n1. The highest BCUT2D eigenvalue weighted by atomic mass is 19.3. The van der Waals surface area contributed by atoms with E-state index in [1.165, 1.54) is 29.0 Å². The Balaban J connectivity index is 1.53. The summed E-state index contributed by atoms with van der Waals surface area (Å²) in [6.45, 7) is -2.79. The fourth-order valence-electron chi connectivity index (χ4n) is 3.97. The van der Waals surface area contributed by atoms with E-state index < -0.39 is 12.6 Å². The van der Waals surface area contributed by atoms with Crippen LogP contribution in [0.3, 0.4) is 0 Å². The van der Waals surface area contributed by atoms with E-state index in [1.807, 2.05) is 30.3 Å². The van der Waals surface area contributed by atoms with Gasteiger partial charge in [0.2, 0.25) is 5.43 Å². The number of ether oxygens (including phenoxy) is 1. The Morgan fingerprint density at radius 1 is 0.971 bits per heavy atom. The number of benzene rings is 2. The molecule has 35 heavy (non-hydrogen) atoms. The number of alkyl halides is 2. The van der Waals surface area contributed by atoms with Gasteiger partial charge in [-0.25, -0.2) is 14.2 Å². The third-order valence-corrected chi connectivity index (χ3v) is 5.69. The van der Waals surface area contributed by atoms with Crippen molar-refractivity contribution in [3.05, 3.63) is 83.3 Å². The number of anilines is 1. The summed E-state index contributed by atoms with van der Waals surface area (Å²) in [5.74, 6) is 0.351. The monoisotopic (exact) mass is 478 g/mol. The number of nitrogens with zero attached hydrogens (tertiary/aromatic N) is 6. The zero-order valence-corrected chi connectivity index (χ0v) is 18.6. The van der Waals surface area contributed by atoms with Crippen LogP contribution in [0.25, 0.3) is 22.8 Å². The van der Waals surface area contributed by atoms with Crippen molar-refractivity contribution in [1.82, 2.24) is 24.5 Å². The van der Waals surface area contributed by atoms with Gasteiger partial charge in [-0.1, -0.05) is 18.2 Å². The predicted octanol–water partition coefficient (Wildman–Crippen LogP) is 3.56. The van der Waals surface area contributed by atoms with Crippen molar-refractivity contribution < 1.29 is 18.3 Å². The van der Waals surface area contributed by atoms with E-state index in [0.29, 0.717) is 27.7 Å². The number of hydrogen-bond acceptors (Lipinski definition) is 5. The van der Waals surface area contributed by atoms with Crippen LogP contribution in [0.2, 0.25) is 0 Å². The molecule has 2 amide bonds. The normalized spacial score (nSPS) is 13.7. The van der Waals surface area contributed by atoms with E-state index in [4.69, 9.17) is 4.74 Å². The molecular weight excluding hydrogens is 458 g/mol. The van der Waals surface area contributed by atoms with E-state index in [9.17, 15) is 18.4 Å². The predicted molar refractivity (Wildman–Crippen MR) is 124 cm³/mol. The average molecular weight is 478 g/mol. The third-order valence-electron chi connectivity index (χ3n) is 5.69. The number of hydrogen-bond donors (Lipinski definition) is 0. The second-order valence-corrected chi connectivity index (χ2v) is 7.70. The van der Waals surface area contributed by atoms with Crippen LogP contribution < -0.4 is 15.1 Å². The lowest BCUT2D eigenvalue weighted by atomic mass is 10.2. The van der Waals surface area contributed by atoms with Crippen LogP contribution in [0.15, 0.2) is 77.9 Å². The molecule has 5 rings (SSSR count). The summed E-state index contributed by atoms with van der Waals surface area (Å²) in [7, 11) is 1.45. The van der Waals surface area contributed by atoms with E-state index in [2.05, 4.69) is 10.2 Å². The topological polar surface area (TPSA) is 85.5 Å². The molecule has 2 aromatic heterocycles. The van der Waals surface area contributed by atoms with E-state index in [0.717, 1.165) is 5.69 Å². The summed E-state index contributed by atoms with van der Waals surface area (Å²) in [5.41, 5.74) is 2.11. The van der Waals surface area contributed by atoms with Crippen LogP contribution in [0, 0.1) is 0 Å². The maximum atomic E-state index is 13.0. The number of carbonyl (C=O) groups excluding carboxylic acids is 1. The molecule has 1 aliphatic heterocycles. The summed E-state index contributed by atoms with van der Waals surface area (Å²) in [5, 5.41) is 8.86. The highest BCUT2D eigenvalue weighted by molar-refractivity contribution is 5.94. The molecule has 178 valence electrons. The molecule has 1 saturated heterocycles. The molecule has 1 aliphatic rings. The highest BCUT2D eigenvalue weighted by Gasteiger charge is 2.35. The molecule has 0 saturated carbocycles. The standard InChI is InChI=1S/C24H20F2N6O3/c1-35-21-15-17(29-13-14-30(23(25)26)24(29)34)7-8-18(21)31-12-10-20(33)22(28-31)19-9-11-27-32(19)16-5-3-2-4-6-16/h2-12,15,23H,13-14H2,1H3. The molecule has 2 aromatic carbocycles. The largest absolute Gasteiger partial charge is 0.494 e. The molecule has 0 spiro atoms. The molecule has 4 aromatic rings. The number of methoxy groups -OCH3 is 1. The van der Waals surface area contributed by atoms with Gasteiger partial charge in [0.05, 0.1) is 24.7 Å². The maximum Gasteiger partial charge on any atom is 0.328 e. The van der Waals surface area contributed by atoms with E-state index in [-0.39, 0.29) is 24.2 Å². The highest BCUT2D eigenvalue weighted by Crippen LogP contribution is 2.31. The maximum absolute atomic E-state index is 13.0. The molecule has 3 heterocycles. The van der Waals surface area contributed by atoms with Crippen molar-refractivity contribution in [3.8, 4) is 28.5 Å². The van der Waals surface area contributed by atoms with Crippen LogP contribution in [-0.4, -0.2) is 57.2 Å². The Kier molecular flexibility index (Phi) is 5.73. The van der Waals surface area contributed by atoms with Gasteiger partial charge in [-0.2, -0.15) is 19.0 Å². The Labute approximate surface area is 198 Å². The lowest BCUT2D eigenvalue weighted by molar-refractivity contribution is 0.0151. The van der Waals surface area contributed by atoms with Crippen molar-refractivity contribution in [2.45, 2.75) is 6.55 Å². The number of halogens is 2.